The van der Waals surface area contributed by atoms with E-state index in [-0.39, 0.29) is 0 Å². The molecule has 29 heavy (non-hydrogen) atoms. The van der Waals surface area contributed by atoms with Gasteiger partial charge >= 0.3 is 62.1 Å². The molecule has 0 fully saturated rings. The number of nitrogens with zero attached hydrogens (tertiary/aromatic N) is 1. The van der Waals surface area contributed by atoms with E-state index in [4.69, 9.17) is 5.84 Å². The highest BCUT2D eigenvalue weighted by atomic mass is 31.3. The summed E-state index contributed by atoms with van der Waals surface area (Å²) in [4.78, 5) is 111. The van der Waals surface area contributed by atoms with Crippen LogP contribution in [0.3, 0.4) is 0 Å². The molecule has 0 heterocycles. The molecular formula is C3H17N2O18P6+. The first-order valence-electron chi connectivity index (χ1n) is 6.08. The third kappa shape index (κ3) is 6.90. The van der Waals surface area contributed by atoms with Crippen molar-refractivity contribution < 1.29 is 90.7 Å². The van der Waals surface area contributed by atoms with Crippen LogP contribution in [0.15, 0.2) is 0 Å². The second-order valence-electron chi connectivity index (χ2n) is 5.47. The molecule has 0 saturated carbocycles. The number of hydrogen-bond donors (Lipinski definition) is 13. The van der Waals surface area contributed by atoms with E-state index >= 15 is 0 Å². The Labute approximate surface area is 159 Å². The quantitative estimate of drug-likeness (QED) is 0.0570. The standard InChI is InChI=1S/C3H16N2O18P6/c4-5(1(24(6,7)8)25(9,10)11,2(26(12,13)14)27(15,16)17)3(28(18,19)20)29(21,22)23/h1-3H,4H2,(H11-,6,7,8,9,10,11,12,13,14,15,16,17,18,19,20,21,22,23)/p+1. The summed E-state index contributed by atoms with van der Waals surface area (Å²) in [6.45, 7) is 0. The van der Waals surface area contributed by atoms with Crippen molar-refractivity contribution in [1.29, 1.82) is 0 Å². The van der Waals surface area contributed by atoms with Gasteiger partial charge in [0.2, 0.25) is 0 Å². The zero-order valence-electron chi connectivity index (χ0n) is 13.3. The van der Waals surface area contributed by atoms with E-state index in [0.29, 0.717) is 0 Å². The van der Waals surface area contributed by atoms with E-state index < -0.39 is 66.7 Å². The molecule has 26 heteroatoms. The van der Waals surface area contributed by atoms with Crippen LogP contribution in [-0.4, -0.2) is 79.9 Å². The first-order valence-corrected chi connectivity index (χ1v) is 16.2. The Morgan fingerprint density at radius 2 is 0.517 bits per heavy atom. The third-order valence-corrected chi connectivity index (χ3v) is 14.4. The lowest BCUT2D eigenvalue weighted by Crippen LogP contribution is -2.69. The van der Waals surface area contributed by atoms with Crippen molar-refractivity contribution in [1.82, 2.24) is 0 Å². The third-order valence-electron chi connectivity index (χ3n) is 3.01. The van der Waals surface area contributed by atoms with Crippen LogP contribution in [0, 0.1) is 0 Å². The van der Waals surface area contributed by atoms with Gasteiger partial charge in [-0.25, -0.2) is 0 Å². The Morgan fingerprint density at radius 3 is 0.586 bits per heavy atom. The molecule has 20 nitrogen and oxygen atoms in total. The van der Waals surface area contributed by atoms with Crippen LogP contribution in [0.2, 0.25) is 0 Å². The maximum atomic E-state index is 11.6. The van der Waals surface area contributed by atoms with Gasteiger partial charge in [0.15, 0.2) is 0 Å². The minimum Gasteiger partial charge on any atom is -0.320 e. The molecule has 0 amide bonds. The average Bonchev–Trinajstić information content (AvgIpc) is 2.11. The Morgan fingerprint density at radius 1 is 0.414 bits per heavy atom. The second kappa shape index (κ2) is 8.31. The Hall–Kier alpha value is 0.820. The van der Waals surface area contributed by atoms with Gasteiger partial charge in [0.05, 0.1) is 0 Å². The Balaban J connectivity index is 8.03. The average molecular weight is 555 g/mol. The Kier molecular flexibility index (Phi) is 8.54. The highest BCUT2D eigenvalue weighted by Crippen LogP contribution is 2.77. The lowest BCUT2D eigenvalue weighted by molar-refractivity contribution is -0.943. The Bertz CT molecular complexity index is 721. The smallest absolute Gasteiger partial charge is 0.320 e. The van der Waals surface area contributed by atoms with Crippen LogP contribution in [0.4, 0.5) is 0 Å². The largest absolute Gasteiger partial charge is 0.397 e. The fourth-order valence-electron chi connectivity index (χ4n) is 2.51. The summed E-state index contributed by atoms with van der Waals surface area (Å²) in [5.74, 6) is 5.03. The van der Waals surface area contributed by atoms with Gasteiger partial charge < -0.3 is 58.7 Å². The van der Waals surface area contributed by atoms with Gasteiger partial charge in [0, 0.05) is 0 Å². The predicted octanol–water partition coefficient (Wildman–Crippen LogP) is -3.41. The summed E-state index contributed by atoms with van der Waals surface area (Å²) >= 11 is 0. The zero-order chi connectivity index (χ0) is 24.2. The molecule has 0 saturated heterocycles. The maximum Gasteiger partial charge on any atom is 0.397 e. The van der Waals surface area contributed by atoms with E-state index in [1.807, 2.05) is 0 Å². The summed E-state index contributed by atoms with van der Waals surface area (Å²) in [5.41, 5.74) is -13.0. The van der Waals surface area contributed by atoms with Gasteiger partial charge in [-0.15, -0.1) is 0 Å². The molecule has 14 N–H and O–H groups in total. The van der Waals surface area contributed by atoms with Crippen molar-refractivity contribution in [3.8, 4) is 0 Å². The number of quaternary nitrogens is 1. The SMILES string of the molecule is N[N+](C(P(=O)(O)O)P(=O)(O)O)(C(P(=O)(O)O)P(=O)(O)O)C(P(=O)(O)O)P(=O)(O)O. The topological polar surface area (TPSA) is 371 Å². The predicted molar refractivity (Wildman–Crippen MR) is 88.1 cm³/mol. The molecule has 0 spiro atoms. The van der Waals surface area contributed by atoms with Crippen LogP contribution in [0.25, 0.3) is 0 Å². The van der Waals surface area contributed by atoms with E-state index in [2.05, 4.69) is 0 Å². The first kappa shape index (κ1) is 29.8. The summed E-state index contributed by atoms with van der Waals surface area (Å²) in [7, 11) is -40.2. The molecule has 0 unspecified atom stereocenters. The highest BCUT2D eigenvalue weighted by Gasteiger charge is 2.77. The molecule has 0 radical (unpaired) electrons. The minimum atomic E-state index is -6.69. The molecule has 0 aliphatic carbocycles. The van der Waals surface area contributed by atoms with Crippen LogP contribution < -0.4 is 5.84 Å². The van der Waals surface area contributed by atoms with E-state index in [0.717, 1.165) is 0 Å². The fourth-order valence-corrected chi connectivity index (χ4v) is 13.2. The lowest BCUT2D eigenvalue weighted by Gasteiger charge is -2.47. The monoisotopic (exact) mass is 555 g/mol. The van der Waals surface area contributed by atoms with Crippen molar-refractivity contribution in [3.63, 3.8) is 0 Å². The van der Waals surface area contributed by atoms with Gasteiger partial charge in [-0.1, -0.05) is 0 Å². The van der Waals surface area contributed by atoms with E-state index in [9.17, 15) is 86.1 Å². The van der Waals surface area contributed by atoms with Gasteiger partial charge in [0.25, 0.3) is 0 Å². The lowest BCUT2D eigenvalue weighted by atomic mass is 10.9. The molecule has 0 atom stereocenters. The van der Waals surface area contributed by atoms with Gasteiger partial charge in [-0.3, -0.25) is 27.4 Å². The highest BCUT2D eigenvalue weighted by molar-refractivity contribution is 7.73. The van der Waals surface area contributed by atoms with Crippen molar-refractivity contribution in [2.75, 3.05) is 0 Å². The van der Waals surface area contributed by atoms with Gasteiger partial charge in [-0.05, 0) is 0 Å². The van der Waals surface area contributed by atoms with Gasteiger partial charge in [-0.2, -0.15) is 10.4 Å². The zero-order valence-corrected chi connectivity index (χ0v) is 18.6. The van der Waals surface area contributed by atoms with Crippen molar-refractivity contribution in [3.05, 3.63) is 0 Å². The van der Waals surface area contributed by atoms with Gasteiger partial charge in [0.1, 0.15) is 0 Å². The van der Waals surface area contributed by atoms with Crippen molar-refractivity contribution in [2.45, 2.75) is 16.6 Å². The van der Waals surface area contributed by atoms with E-state index in [1.165, 1.54) is 0 Å². The molecule has 0 aliphatic heterocycles. The molecule has 176 valence electrons. The number of hydrogen-bond acceptors (Lipinski definition) is 7. The van der Waals surface area contributed by atoms with Crippen molar-refractivity contribution >= 4 is 45.6 Å². The number of nitrogens with two attached hydrogens (primary N) is 1. The molecule has 0 aromatic carbocycles. The van der Waals surface area contributed by atoms with E-state index in [1.54, 1.807) is 0 Å². The van der Waals surface area contributed by atoms with Crippen LogP contribution in [0.5, 0.6) is 0 Å². The van der Waals surface area contributed by atoms with Crippen LogP contribution in [0.1, 0.15) is 0 Å². The van der Waals surface area contributed by atoms with Crippen LogP contribution in [-0.2, 0) is 27.4 Å². The molecule has 0 aliphatic rings. The minimum absolute atomic E-state index is 3.97. The summed E-state index contributed by atoms with van der Waals surface area (Å²) in [5, 5.41) is 0. The summed E-state index contributed by atoms with van der Waals surface area (Å²) in [6.07, 6.45) is 0. The molecule has 0 bridgehead atoms. The molecular weight excluding hydrogens is 538 g/mol. The normalized spacial score (nSPS) is 16.1. The summed E-state index contributed by atoms with van der Waals surface area (Å²) < 4.78 is 65.8. The number of rotatable bonds is 9. The molecule has 0 aromatic rings. The maximum absolute atomic E-state index is 11.6. The summed E-state index contributed by atoms with van der Waals surface area (Å²) in [6, 6.07) is 0. The first-order chi connectivity index (χ1) is 12.1. The molecule has 0 rings (SSSR count). The molecule has 0 aromatic heterocycles. The fraction of sp³-hybridized carbons (Fsp3) is 1.00. The van der Waals surface area contributed by atoms with Crippen molar-refractivity contribution in [2.24, 2.45) is 5.84 Å². The second-order valence-corrected chi connectivity index (χ2v) is 16.7. The van der Waals surface area contributed by atoms with Crippen LogP contribution >= 0.6 is 45.6 Å².